The highest BCUT2D eigenvalue weighted by molar-refractivity contribution is 5.94. The van der Waals surface area contributed by atoms with Crippen molar-refractivity contribution in [1.29, 1.82) is 0 Å². The largest absolute Gasteiger partial charge is 0.459 e. The summed E-state index contributed by atoms with van der Waals surface area (Å²) in [6.45, 7) is 1.87. The van der Waals surface area contributed by atoms with Crippen LogP contribution in [-0.2, 0) is 9.53 Å². The molecule has 1 aromatic heterocycles. The lowest BCUT2D eigenvalue weighted by molar-refractivity contribution is -0.123. The maximum Gasteiger partial charge on any atom is 0.339 e. The van der Waals surface area contributed by atoms with E-state index in [0.29, 0.717) is 11.3 Å². The molecule has 0 radical (unpaired) electrons. The Labute approximate surface area is 144 Å². The number of benzene rings is 2. The number of hydrogen-bond acceptors (Lipinski definition) is 4. The van der Waals surface area contributed by atoms with E-state index in [0.717, 1.165) is 16.5 Å². The van der Waals surface area contributed by atoms with Crippen LogP contribution >= 0.6 is 0 Å². The fourth-order valence-electron chi connectivity index (χ4n) is 3.13. The van der Waals surface area contributed by atoms with Crippen LogP contribution in [0.4, 0.5) is 0 Å². The summed E-state index contributed by atoms with van der Waals surface area (Å²) in [4.78, 5) is 24.2. The number of carbonyl (C=O) groups is 2. The van der Waals surface area contributed by atoms with Crippen molar-refractivity contribution in [2.24, 2.45) is 0 Å². The second kappa shape index (κ2) is 6.09. The van der Waals surface area contributed by atoms with Crippen molar-refractivity contribution >= 4 is 22.8 Å². The highest BCUT2D eigenvalue weighted by Gasteiger charge is 2.32. The maximum atomic E-state index is 12.4. The number of para-hydroxylation sites is 1. The van der Waals surface area contributed by atoms with E-state index in [9.17, 15) is 9.59 Å². The summed E-state index contributed by atoms with van der Waals surface area (Å²) in [6, 6.07) is 16.5. The van der Waals surface area contributed by atoms with E-state index >= 15 is 0 Å². The number of fused-ring (bicyclic) bond motifs is 2. The fourth-order valence-corrected chi connectivity index (χ4v) is 3.13. The molecule has 2 aromatic carbocycles. The van der Waals surface area contributed by atoms with Gasteiger partial charge in [-0.2, -0.15) is 0 Å². The molecule has 1 N–H and O–H groups in total. The van der Waals surface area contributed by atoms with Gasteiger partial charge in [-0.15, -0.1) is 0 Å². The van der Waals surface area contributed by atoms with Crippen LogP contribution in [0.15, 0.2) is 59.0 Å². The predicted molar refractivity (Wildman–Crippen MR) is 92.0 cm³/mol. The van der Waals surface area contributed by atoms with Crippen LogP contribution in [-0.4, -0.2) is 11.9 Å². The normalized spacial score (nSPS) is 17.2. The molecule has 0 saturated heterocycles. The first-order valence-electron chi connectivity index (χ1n) is 8.19. The zero-order valence-corrected chi connectivity index (χ0v) is 13.7. The molecule has 3 aromatic rings. The van der Waals surface area contributed by atoms with E-state index in [1.807, 2.05) is 49.4 Å². The highest BCUT2D eigenvalue weighted by Crippen LogP contribution is 2.33. The first-order chi connectivity index (χ1) is 12.1. The Balaban J connectivity index is 1.45. The molecule has 0 spiro atoms. The number of hydrogen-bond donors (Lipinski definition) is 1. The van der Waals surface area contributed by atoms with Gasteiger partial charge in [0.1, 0.15) is 17.4 Å². The zero-order chi connectivity index (χ0) is 17.4. The quantitative estimate of drug-likeness (QED) is 0.734. The number of nitrogens with one attached hydrogen (secondary N) is 1. The van der Waals surface area contributed by atoms with Crippen molar-refractivity contribution in [3.05, 3.63) is 71.5 Å². The van der Waals surface area contributed by atoms with Crippen molar-refractivity contribution in [3.8, 4) is 0 Å². The van der Waals surface area contributed by atoms with Crippen molar-refractivity contribution in [3.63, 3.8) is 0 Å². The van der Waals surface area contributed by atoms with Crippen LogP contribution in [0, 0.1) is 0 Å². The summed E-state index contributed by atoms with van der Waals surface area (Å²) in [6.07, 6.45) is -0.445. The number of rotatable bonds is 4. The molecule has 5 heteroatoms. The second-order valence-electron chi connectivity index (χ2n) is 6.16. The van der Waals surface area contributed by atoms with E-state index in [2.05, 4.69) is 5.32 Å². The third kappa shape index (κ3) is 2.89. The van der Waals surface area contributed by atoms with Gasteiger partial charge >= 0.3 is 5.97 Å². The Hall–Kier alpha value is -3.08. The molecule has 25 heavy (non-hydrogen) atoms. The summed E-state index contributed by atoms with van der Waals surface area (Å²) in [5.74, 6) is 0.125. The van der Waals surface area contributed by atoms with Gasteiger partial charge in [0.15, 0.2) is 0 Å². The van der Waals surface area contributed by atoms with Crippen molar-refractivity contribution < 1.29 is 18.7 Å². The lowest BCUT2D eigenvalue weighted by Crippen LogP contribution is -2.27. The van der Waals surface area contributed by atoms with E-state index in [4.69, 9.17) is 9.15 Å². The first kappa shape index (κ1) is 15.4. The van der Waals surface area contributed by atoms with Gasteiger partial charge in [0, 0.05) is 10.9 Å². The van der Waals surface area contributed by atoms with Gasteiger partial charge in [0.25, 0.3) is 0 Å². The van der Waals surface area contributed by atoms with Gasteiger partial charge in [0.05, 0.1) is 18.0 Å². The van der Waals surface area contributed by atoms with Gasteiger partial charge in [-0.1, -0.05) is 36.4 Å². The van der Waals surface area contributed by atoms with Gasteiger partial charge < -0.3 is 14.5 Å². The topological polar surface area (TPSA) is 68.5 Å². The van der Waals surface area contributed by atoms with Gasteiger partial charge in [-0.25, -0.2) is 4.79 Å². The molecule has 1 aliphatic heterocycles. The number of ether oxygens (including phenoxy) is 1. The molecule has 4 rings (SSSR count). The molecule has 126 valence electrons. The first-order valence-corrected chi connectivity index (χ1v) is 8.19. The van der Waals surface area contributed by atoms with E-state index < -0.39 is 6.10 Å². The number of esters is 1. The van der Waals surface area contributed by atoms with Crippen LogP contribution in [0.5, 0.6) is 0 Å². The van der Waals surface area contributed by atoms with Crippen LogP contribution in [0.2, 0.25) is 0 Å². The van der Waals surface area contributed by atoms with Crippen LogP contribution < -0.4 is 5.32 Å². The minimum atomic E-state index is -0.536. The Morgan fingerprint density at radius 2 is 1.92 bits per heavy atom. The third-order valence-corrected chi connectivity index (χ3v) is 4.40. The molecule has 5 nitrogen and oxygen atoms in total. The lowest BCUT2D eigenvalue weighted by Gasteiger charge is -2.14. The van der Waals surface area contributed by atoms with E-state index in [1.165, 1.54) is 0 Å². The summed E-state index contributed by atoms with van der Waals surface area (Å²) < 4.78 is 11.1. The van der Waals surface area contributed by atoms with Crippen molar-refractivity contribution in [1.82, 2.24) is 5.32 Å². The van der Waals surface area contributed by atoms with E-state index in [-0.39, 0.29) is 24.3 Å². The number of amides is 1. The number of cyclic esters (lactones) is 1. The van der Waals surface area contributed by atoms with E-state index in [1.54, 1.807) is 12.1 Å². The van der Waals surface area contributed by atoms with Crippen molar-refractivity contribution in [2.45, 2.75) is 25.5 Å². The maximum absolute atomic E-state index is 12.4. The zero-order valence-electron chi connectivity index (χ0n) is 13.7. The van der Waals surface area contributed by atoms with Crippen LogP contribution in [0.1, 0.15) is 47.2 Å². The van der Waals surface area contributed by atoms with Crippen molar-refractivity contribution in [2.75, 3.05) is 0 Å². The Morgan fingerprint density at radius 1 is 1.16 bits per heavy atom. The minimum Gasteiger partial charge on any atom is -0.459 e. The van der Waals surface area contributed by atoms with Gasteiger partial charge in [-0.05, 0) is 25.1 Å². The standard InChI is InChI=1S/C20H17NO4/c1-12(17-10-13-6-2-5-9-16(13)24-17)21-19(22)11-18-14-7-3-4-8-15(14)20(23)25-18/h2-10,12,18H,11H2,1H3,(H,21,22). The third-order valence-electron chi connectivity index (χ3n) is 4.40. The van der Waals surface area contributed by atoms with Crippen LogP contribution in [0.3, 0.4) is 0 Å². The molecule has 0 aliphatic carbocycles. The summed E-state index contributed by atoms with van der Waals surface area (Å²) >= 11 is 0. The molecule has 1 amide bonds. The predicted octanol–water partition coefficient (Wildman–Crippen LogP) is 3.91. The number of furan rings is 1. The molecule has 0 bridgehead atoms. The van der Waals surface area contributed by atoms with Gasteiger partial charge in [0.2, 0.25) is 5.91 Å². The molecule has 1 aliphatic rings. The average molecular weight is 335 g/mol. The average Bonchev–Trinajstić information content (AvgIpc) is 3.17. The second-order valence-corrected chi connectivity index (χ2v) is 6.16. The molecular formula is C20H17NO4. The van der Waals surface area contributed by atoms with Crippen LogP contribution in [0.25, 0.3) is 11.0 Å². The molecule has 2 heterocycles. The Morgan fingerprint density at radius 3 is 2.76 bits per heavy atom. The Kier molecular flexibility index (Phi) is 3.76. The smallest absolute Gasteiger partial charge is 0.339 e. The summed E-state index contributed by atoms with van der Waals surface area (Å²) in [5, 5.41) is 3.90. The monoisotopic (exact) mass is 335 g/mol. The molecule has 0 saturated carbocycles. The molecular weight excluding hydrogens is 318 g/mol. The fraction of sp³-hybridized carbons (Fsp3) is 0.200. The summed E-state index contributed by atoms with van der Waals surface area (Å²) in [7, 11) is 0. The molecule has 2 unspecified atom stereocenters. The summed E-state index contributed by atoms with van der Waals surface area (Å²) in [5.41, 5.74) is 2.09. The lowest BCUT2D eigenvalue weighted by atomic mass is 10.0. The highest BCUT2D eigenvalue weighted by atomic mass is 16.5. The number of carbonyl (C=O) groups excluding carboxylic acids is 2. The molecule has 2 atom stereocenters. The van der Waals surface area contributed by atoms with Gasteiger partial charge in [-0.3, -0.25) is 4.79 Å². The SMILES string of the molecule is CC(NC(=O)CC1OC(=O)c2ccccc21)c1cc2ccccc2o1. The Bertz CT molecular complexity index is 926. The minimum absolute atomic E-state index is 0.0906. The molecule has 0 fully saturated rings.